The topological polar surface area (TPSA) is 95.6 Å². The minimum Gasteiger partial charge on any atom is -0.373 e. The van der Waals surface area contributed by atoms with Crippen molar-refractivity contribution in [2.75, 3.05) is 12.4 Å². The predicted molar refractivity (Wildman–Crippen MR) is 75.3 cm³/mol. The second-order valence-corrected chi connectivity index (χ2v) is 4.35. The Morgan fingerprint density at radius 1 is 1.40 bits per heavy atom. The molecule has 0 aliphatic rings. The fourth-order valence-electron chi connectivity index (χ4n) is 1.81. The van der Waals surface area contributed by atoms with Gasteiger partial charge in [-0.25, -0.2) is 9.97 Å². The Balaban J connectivity index is 2.09. The number of H-pyrrole nitrogens is 1. The molecule has 7 heteroatoms. The van der Waals surface area contributed by atoms with Gasteiger partial charge in [0.25, 0.3) is 5.91 Å². The van der Waals surface area contributed by atoms with E-state index in [0.29, 0.717) is 23.8 Å². The Bertz CT molecular complexity index is 566. The third-order valence-corrected chi connectivity index (χ3v) is 2.78. The van der Waals surface area contributed by atoms with Gasteiger partial charge in [-0.2, -0.15) is 5.10 Å². The van der Waals surface area contributed by atoms with Crippen LogP contribution in [0.2, 0.25) is 0 Å². The molecule has 0 bridgehead atoms. The first-order valence-corrected chi connectivity index (χ1v) is 6.54. The largest absolute Gasteiger partial charge is 0.373 e. The summed E-state index contributed by atoms with van der Waals surface area (Å²) in [4.78, 5) is 20.5. The fourth-order valence-corrected chi connectivity index (χ4v) is 1.81. The molecule has 0 aliphatic heterocycles. The third-order valence-electron chi connectivity index (χ3n) is 2.78. The maximum atomic E-state index is 12.1. The first kappa shape index (κ1) is 14.0. The molecule has 2 heterocycles. The normalized spacial score (nSPS) is 10.3. The van der Waals surface area contributed by atoms with E-state index in [0.717, 1.165) is 18.5 Å². The van der Waals surface area contributed by atoms with Crippen LogP contribution < -0.4 is 10.6 Å². The molecule has 0 spiro atoms. The van der Waals surface area contributed by atoms with Crippen LogP contribution in [0.4, 0.5) is 5.82 Å². The van der Waals surface area contributed by atoms with Crippen LogP contribution in [-0.4, -0.2) is 33.1 Å². The second-order valence-electron chi connectivity index (χ2n) is 4.35. The molecule has 0 aromatic carbocycles. The van der Waals surface area contributed by atoms with E-state index in [4.69, 9.17) is 0 Å². The number of hydrogen-bond donors (Lipinski definition) is 3. The lowest BCUT2D eigenvalue weighted by molar-refractivity contribution is 0.0949. The van der Waals surface area contributed by atoms with Crippen molar-refractivity contribution in [3.8, 4) is 0 Å². The van der Waals surface area contributed by atoms with Gasteiger partial charge in [-0.3, -0.25) is 9.89 Å². The summed E-state index contributed by atoms with van der Waals surface area (Å²) >= 11 is 0. The molecular weight excluding hydrogens is 256 g/mol. The summed E-state index contributed by atoms with van der Waals surface area (Å²) in [5.74, 6) is 1.16. The molecule has 7 nitrogen and oxygen atoms in total. The zero-order chi connectivity index (χ0) is 14.4. The maximum Gasteiger partial charge on any atom is 0.251 e. The maximum absolute atomic E-state index is 12.1. The summed E-state index contributed by atoms with van der Waals surface area (Å²) in [6.07, 6.45) is 3.24. The fraction of sp³-hybridized carbons (Fsp3) is 0.385. The summed E-state index contributed by atoms with van der Waals surface area (Å²) in [6.45, 7) is 2.40. The Morgan fingerprint density at radius 3 is 2.90 bits per heavy atom. The Labute approximate surface area is 117 Å². The predicted octanol–water partition coefficient (Wildman–Crippen LogP) is 1.12. The molecule has 0 saturated carbocycles. The molecule has 0 fully saturated rings. The third kappa shape index (κ3) is 3.53. The Hall–Kier alpha value is -2.44. The van der Waals surface area contributed by atoms with E-state index < -0.39 is 0 Å². The van der Waals surface area contributed by atoms with Crippen molar-refractivity contribution < 1.29 is 4.79 Å². The number of pyridine rings is 1. The average molecular weight is 274 g/mol. The molecule has 0 atom stereocenters. The summed E-state index contributed by atoms with van der Waals surface area (Å²) < 4.78 is 0. The van der Waals surface area contributed by atoms with Crippen molar-refractivity contribution >= 4 is 11.7 Å². The highest BCUT2D eigenvalue weighted by Crippen LogP contribution is 2.12. The molecular formula is C13H18N6O. The summed E-state index contributed by atoms with van der Waals surface area (Å²) in [7, 11) is 1.79. The van der Waals surface area contributed by atoms with E-state index >= 15 is 0 Å². The smallest absolute Gasteiger partial charge is 0.251 e. The zero-order valence-electron chi connectivity index (χ0n) is 11.6. The lowest BCUT2D eigenvalue weighted by Gasteiger charge is -2.08. The van der Waals surface area contributed by atoms with E-state index in [1.165, 1.54) is 6.33 Å². The number of nitrogens with one attached hydrogen (secondary N) is 3. The molecule has 0 unspecified atom stereocenters. The van der Waals surface area contributed by atoms with Gasteiger partial charge >= 0.3 is 0 Å². The van der Waals surface area contributed by atoms with Crippen LogP contribution in [0.25, 0.3) is 0 Å². The van der Waals surface area contributed by atoms with Crippen LogP contribution in [0.3, 0.4) is 0 Å². The van der Waals surface area contributed by atoms with Crippen molar-refractivity contribution in [1.82, 2.24) is 25.5 Å². The number of hydrogen-bond acceptors (Lipinski definition) is 5. The quantitative estimate of drug-likeness (QED) is 0.733. The molecule has 1 amide bonds. The SMILES string of the molecule is CCCc1cc(C(=O)NCc2ncn[nH]2)cc(NC)n1. The average Bonchev–Trinajstić information content (AvgIpc) is 2.98. The first-order valence-electron chi connectivity index (χ1n) is 6.54. The lowest BCUT2D eigenvalue weighted by atomic mass is 10.1. The zero-order valence-corrected chi connectivity index (χ0v) is 11.6. The first-order chi connectivity index (χ1) is 9.72. The van der Waals surface area contributed by atoms with Gasteiger partial charge in [-0.05, 0) is 18.6 Å². The van der Waals surface area contributed by atoms with Gasteiger partial charge in [0.1, 0.15) is 18.0 Å². The molecule has 2 rings (SSSR count). The highest BCUT2D eigenvalue weighted by Gasteiger charge is 2.10. The van der Waals surface area contributed by atoms with Crippen molar-refractivity contribution in [3.63, 3.8) is 0 Å². The van der Waals surface area contributed by atoms with Crippen LogP contribution in [-0.2, 0) is 13.0 Å². The number of carbonyl (C=O) groups is 1. The van der Waals surface area contributed by atoms with Crippen LogP contribution in [0.1, 0.15) is 35.2 Å². The minimum absolute atomic E-state index is 0.155. The summed E-state index contributed by atoms with van der Waals surface area (Å²) in [5, 5.41) is 12.2. The molecule has 0 saturated heterocycles. The van der Waals surface area contributed by atoms with Crippen molar-refractivity contribution in [2.24, 2.45) is 0 Å². The molecule has 0 radical (unpaired) electrons. The number of anilines is 1. The van der Waals surface area contributed by atoms with Crippen LogP contribution in [0.15, 0.2) is 18.5 Å². The highest BCUT2D eigenvalue weighted by molar-refractivity contribution is 5.94. The molecule has 3 N–H and O–H groups in total. The number of nitrogens with zero attached hydrogens (tertiary/aromatic N) is 3. The van der Waals surface area contributed by atoms with Gasteiger partial charge in [0.2, 0.25) is 0 Å². The number of aryl methyl sites for hydroxylation is 1. The molecule has 2 aromatic rings. The van der Waals surface area contributed by atoms with Crippen molar-refractivity contribution in [1.29, 1.82) is 0 Å². The number of rotatable bonds is 6. The van der Waals surface area contributed by atoms with Gasteiger partial charge in [-0.1, -0.05) is 13.3 Å². The number of aromatic amines is 1. The van der Waals surface area contributed by atoms with Crippen LogP contribution in [0, 0.1) is 0 Å². The van der Waals surface area contributed by atoms with Gasteiger partial charge in [0, 0.05) is 18.3 Å². The van der Waals surface area contributed by atoms with E-state index in [9.17, 15) is 4.79 Å². The Morgan fingerprint density at radius 2 is 2.25 bits per heavy atom. The van der Waals surface area contributed by atoms with E-state index in [1.807, 2.05) is 6.07 Å². The van der Waals surface area contributed by atoms with Crippen molar-refractivity contribution in [3.05, 3.63) is 35.5 Å². The van der Waals surface area contributed by atoms with E-state index in [-0.39, 0.29) is 5.91 Å². The number of carbonyl (C=O) groups excluding carboxylic acids is 1. The number of amides is 1. The van der Waals surface area contributed by atoms with E-state index in [2.05, 4.69) is 37.7 Å². The lowest BCUT2D eigenvalue weighted by Crippen LogP contribution is -2.24. The molecule has 0 aliphatic carbocycles. The minimum atomic E-state index is -0.155. The monoisotopic (exact) mass is 274 g/mol. The second kappa shape index (κ2) is 6.65. The summed E-state index contributed by atoms with van der Waals surface area (Å²) in [6, 6.07) is 3.55. The standard InChI is InChI=1S/C13H18N6O/c1-3-4-10-5-9(6-11(14-2)18-10)13(20)15-7-12-16-8-17-19-12/h5-6,8H,3-4,7H2,1-2H3,(H,14,18)(H,15,20)(H,16,17,19). The number of aromatic nitrogens is 4. The van der Waals surface area contributed by atoms with Crippen molar-refractivity contribution in [2.45, 2.75) is 26.3 Å². The van der Waals surface area contributed by atoms with Crippen LogP contribution >= 0.6 is 0 Å². The van der Waals surface area contributed by atoms with Gasteiger partial charge in [-0.15, -0.1) is 0 Å². The molecule has 106 valence electrons. The van der Waals surface area contributed by atoms with Gasteiger partial charge < -0.3 is 10.6 Å². The van der Waals surface area contributed by atoms with Gasteiger partial charge in [0.15, 0.2) is 0 Å². The molecule has 2 aromatic heterocycles. The highest BCUT2D eigenvalue weighted by atomic mass is 16.1. The molecule has 20 heavy (non-hydrogen) atoms. The summed E-state index contributed by atoms with van der Waals surface area (Å²) in [5.41, 5.74) is 1.50. The van der Waals surface area contributed by atoms with Crippen LogP contribution in [0.5, 0.6) is 0 Å². The van der Waals surface area contributed by atoms with E-state index in [1.54, 1.807) is 13.1 Å². The Kier molecular flexibility index (Phi) is 4.65. The van der Waals surface area contributed by atoms with Gasteiger partial charge in [0.05, 0.1) is 6.54 Å².